The molecule has 2 N–H and O–H groups in total. The molecule has 2 aromatic rings. The van der Waals surface area contributed by atoms with Crippen LogP contribution in [0, 0.1) is 0 Å². The Hall–Kier alpha value is -2.39. The molecule has 2 fully saturated rings. The molecule has 164 valence electrons. The second kappa shape index (κ2) is 9.00. The van der Waals surface area contributed by atoms with E-state index in [4.69, 9.17) is 0 Å². The zero-order valence-electron chi connectivity index (χ0n) is 17.6. The molecule has 0 radical (unpaired) electrons. The monoisotopic (exact) mass is 458 g/mol. The Morgan fingerprint density at radius 1 is 1.29 bits per heavy atom. The first-order valence-electron chi connectivity index (χ1n) is 10.4. The van der Waals surface area contributed by atoms with E-state index in [-0.39, 0.29) is 22.6 Å². The molecule has 1 aromatic carbocycles. The third kappa shape index (κ3) is 4.77. The van der Waals surface area contributed by atoms with E-state index in [1.165, 1.54) is 23.8 Å². The van der Waals surface area contributed by atoms with Crippen LogP contribution in [0.15, 0.2) is 29.6 Å². The molecule has 3 heterocycles. The van der Waals surface area contributed by atoms with Gasteiger partial charge >= 0.3 is 0 Å². The SMILES string of the molecule is CC(=O)NCCCc1ccc(-c2csc(NC(=O)C3CSC4(C)CCC(=O)N34)n2)cc1. The van der Waals surface area contributed by atoms with Crippen LogP contribution in [0.2, 0.25) is 0 Å². The van der Waals surface area contributed by atoms with E-state index < -0.39 is 6.04 Å². The van der Waals surface area contributed by atoms with Gasteiger partial charge in [-0.15, -0.1) is 23.1 Å². The predicted molar refractivity (Wildman–Crippen MR) is 124 cm³/mol. The summed E-state index contributed by atoms with van der Waals surface area (Å²) in [5.41, 5.74) is 3.00. The molecule has 4 rings (SSSR count). The molecule has 2 aliphatic heterocycles. The highest BCUT2D eigenvalue weighted by molar-refractivity contribution is 8.01. The molecule has 2 saturated heterocycles. The van der Waals surface area contributed by atoms with Crippen molar-refractivity contribution in [2.24, 2.45) is 0 Å². The Balaban J connectivity index is 1.35. The summed E-state index contributed by atoms with van der Waals surface area (Å²) in [6.45, 7) is 4.24. The average Bonchev–Trinajstić information content (AvgIpc) is 3.41. The van der Waals surface area contributed by atoms with Crippen LogP contribution in [0.5, 0.6) is 0 Å². The van der Waals surface area contributed by atoms with Crippen LogP contribution in [0.4, 0.5) is 5.13 Å². The molecule has 7 nitrogen and oxygen atoms in total. The molecular weight excluding hydrogens is 432 g/mol. The molecule has 1 aromatic heterocycles. The van der Waals surface area contributed by atoms with Crippen molar-refractivity contribution >= 4 is 46.0 Å². The van der Waals surface area contributed by atoms with E-state index in [1.807, 2.05) is 24.4 Å². The molecular formula is C22H26N4O3S2. The summed E-state index contributed by atoms with van der Waals surface area (Å²) in [5, 5.41) is 8.18. The number of aromatic nitrogens is 1. The van der Waals surface area contributed by atoms with Gasteiger partial charge in [0.2, 0.25) is 17.7 Å². The number of fused-ring (bicyclic) bond motifs is 1. The zero-order valence-corrected chi connectivity index (χ0v) is 19.3. The van der Waals surface area contributed by atoms with Gasteiger partial charge < -0.3 is 15.5 Å². The fraction of sp³-hybridized carbons (Fsp3) is 0.455. The molecule has 0 saturated carbocycles. The summed E-state index contributed by atoms with van der Waals surface area (Å²) in [4.78, 5) is 42.1. The first-order valence-corrected chi connectivity index (χ1v) is 12.3. The van der Waals surface area contributed by atoms with Crippen molar-refractivity contribution in [3.8, 4) is 11.3 Å². The Labute approximate surface area is 190 Å². The summed E-state index contributed by atoms with van der Waals surface area (Å²) in [7, 11) is 0. The lowest BCUT2D eigenvalue weighted by Crippen LogP contribution is -2.48. The largest absolute Gasteiger partial charge is 0.356 e. The molecule has 0 bridgehead atoms. The molecule has 31 heavy (non-hydrogen) atoms. The van der Waals surface area contributed by atoms with Crippen molar-refractivity contribution in [1.82, 2.24) is 15.2 Å². The van der Waals surface area contributed by atoms with Crippen molar-refractivity contribution in [1.29, 1.82) is 0 Å². The third-order valence-corrected chi connectivity index (χ3v) is 8.01. The van der Waals surface area contributed by atoms with Crippen molar-refractivity contribution in [3.05, 3.63) is 35.2 Å². The Bertz CT molecular complexity index is 991. The van der Waals surface area contributed by atoms with Crippen molar-refractivity contribution in [2.75, 3.05) is 17.6 Å². The number of benzene rings is 1. The maximum absolute atomic E-state index is 12.8. The zero-order chi connectivity index (χ0) is 22.0. The van der Waals surface area contributed by atoms with E-state index in [9.17, 15) is 14.4 Å². The number of thioether (sulfide) groups is 1. The van der Waals surface area contributed by atoms with Gasteiger partial charge in [-0.3, -0.25) is 14.4 Å². The van der Waals surface area contributed by atoms with Crippen molar-refractivity contribution < 1.29 is 14.4 Å². The summed E-state index contributed by atoms with van der Waals surface area (Å²) < 4.78 is 0. The van der Waals surface area contributed by atoms with Gasteiger partial charge in [-0.1, -0.05) is 24.3 Å². The van der Waals surface area contributed by atoms with Crippen LogP contribution in [0.1, 0.15) is 38.7 Å². The highest BCUT2D eigenvalue weighted by Gasteiger charge is 2.52. The minimum atomic E-state index is -0.436. The van der Waals surface area contributed by atoms with Gasteiger partial charge in [0.25, 0.3) is 0 Å². The van der Waals surface area contributed by atoms with Crippen LogP contribution < -0.4 is 10.6 Å². The number of amides is 3. The predicted octanol–water partition coefficient (Wildman–Crippen LogP) is 3.27. The number of rotatable bonds is 7. The summed E-state index contributed by atoms with van der Waals surface area (Å²) >= 11 is 3.07. The van der Waals surface area contributed by atoms with Gasteiger partial charge in [-0.25, -0.2) is 4.98 Å². The number of carbonyl (C=O) groups excluding carboxylic acids is 3. The first-order chi connectivity index (χ1) is 14.9. The Morgan fingerprint density at radius 3 is 2.81 bits per heavy atom. The van der Waals surface area contributed by atoms with E-state index in [2.05, 4.69) is 27.8 Å². The van der Waals surface area contributed by atoms with Gasteiger partial charge in [0.05, 0.1) is 10.6 Å². The van der Waals surface area contributed by atoms with Crippen LogP contribution in [0.3, 0.4) is 0 Å². The molecule has 2 aliphatic rings. The van der Waals surface area contributed by atoms with Crippen LogP contribution in [-0.4, -0.2) is 50.8 Å². The Morgan fingerprint density at radius 2 is 2.06 bits per heavy atom. The minimum Gasteiger partial charge on any atom is -0.356 e. The number of thiazole rings is 1. The number of hydrogen-bond acceptors (Lipinski definition) is 6. The fourth-order valence-corrected chi connectivity index (χ4v) is 6.22. The lowest BCUT2D eigenvalue weighted by molar-refractivity contribution is -0.135. The lowest BCUT2D eigenvalue weighted by atomic mass is 10.1. The standard InChI is InChI=1S/C22H26N4O3S2/c1-14(27)23-11-3-4-15-5-7-16(8-6-15)17-12-30-21(24-17)25-20(29)18-13-31-22(2)10-9-19(28)26(18)22/h5-8,12,18H,3-4,9-11,13H2,1-2H3,(H,23,27)(H,24,25,29). The average molecular weight is 459 g/mol. The lowest BCUT2D eigenvalue weighted by Gasteiger charge is -2.29. The fourth-order valence-electron chi connectivity index (χ4n) is 4.07. The number of nitrogens with one attached hydrogen (secondary N) is 2. The van der Waals surface area contributed by atoms with Crippen molar-refractivity contribution in [2.45, 2.75) is 50.4 Å². The van der Waals surface area contributed by atoms with E-state index in [0.717, 1.165) is 30.5 Å². The van der Waals surface area contributed by atoms with Crippen LogP contribution in [0.25, 0.3) is 11.3 Å². The third-order valence-electron chi connectivity index (χ3n) is 5.75. The van der Waals surface area contributed by atoms with Crippen LogP contribution >= 0.6 is 23.1 Å². The highest BCUT2D eigenvalue weighted by atomic mass is 32.2. The van der Waals surface area contributed by atoms with Gasteiger partial charge in [0.15, 0.2) is 5.13 Å². The first kappa shape index (κ1) is 21.8. The number of hydrogen-bond donors (Lipinski definition) is 2. The topological polar surface area (TPSA) is 91.4 Å². The van der Waals surface area contributed by atoms with Gasteiger partial charge in [-0.2, -0.15) is 0 Å². The summed E-state index contributed by atoms with van der Waals surface area (Å²) in [6.07, 6.45) is 3.10. The second-order valence-electron chi connectivity index (χ2n) is 8.08. The summed E-state index contributed by atoms with van der Waals surface area (Å²) in [6, 6.07) is 7.74. The molecule has 2 atom stereocenters. The van der Waals surface area contributed by atoms with Crippen molar-refractivity contribution in [3.63, 3.8) is 0 Å². The van der Waals surface area contributed by atoms with Gasteiger partial charge in [-0.05, 0) is 31.7 Å². The van der Waals surface area contributed by atoms with Gasteiger partial charge in [0, 0.05) is 36.6 Å². The Kier molecular flexibility index (Phi) is 6.34. The number of aryl methyl sites for hydroxylation is 1. The second-order valence-corrected chi connectivity index (χ2v) is 10.4. The normalized spacial score (nSPS) is 22.5. The highest BCUT2D eigenvalue weighted by Crippen LogP contribution is 2.47. The number of nitrogens with zero attached hydrogens (tertiary/aromatic N) is 2. The van der Waals surface area contributed by atoms with Gasteiger partial charge in [0.1, 0.15) is 6.04 Å². The van der Waals surface area contributed by atoms with E-state index >= 15 is 0 Å². The molecule has 9 heteroatoms. The maximum atomic E-state index is 12.8. The van der Waals surface area contributed by atoms with E-state index in [1.54, 1.807) is 16.7 Å². The summed E-state index contributed by atoms with van der Waals surface area (Å²) in [5.74, 6) is 0.511. The minimum absolute atomic E-state index is 0.00509. The molecule has 3 amide bonds. The van der Waals surface area contributed by atoms with E-state index in [0.29, 0.717) is 23.8 Å². The smallest absolute Gasteiger partial charge is 0.249 e. The molecule has 0 spiro atoms. The molecule has 2 unspecified atom stereocenters. The van der Waals surface area contributed by atoms with Crippen LogP contribution in [-0.2, 0) is 20.8 Å². The number of anilines is 1. The quantitative estimate of drug-likeness (QED) is 0.622. The molecule has 0 aliphatic carbocycles. The maximum Gasteiger partial charge on any atom is 0.249 e. The number of carbonyl (C=O) groups is 3.